The molecule has 1 aliphatic rings. The second kappa shape index (κ2) is 11.0. The minimum absolute atomic E-state index is 0.00400. The average molecular weight is 525 g/mol. The predicted octanol–water partition coefficient (Wildman–Crippen LogP) is 6.10. The molecular weight excluding hydrogens is 496 g/mol. The summed E-state index contributed by atoms with van der Waals surface area (Å²) in [4.78, 5) is 27.6. The highest BCUT2D eigenvalue weighted by Crippen LogP contribution is 2.39. The number of rotatable bonds is 7. The van der Waals surface area contributed by atoms with Gasteiger partial charge in [-0.1, -0.05) is 18.2 Å². The molecule has 0 bridgehead atoms. The van der Waals surface area contributed by atoms with Crippen molar-refractivity contribution in [3.05, 3.63) is 99.1 Å². The molecule has 38 heavy (non-hydrogen) atoms. The summed E-state index contributed by atoms with van der Waals surface area (Å²) in [6, 6.07) is 17.0. The van der Waals surface area contributed by atoms with E-state index in [4.69, 9.17) is 4.42 Å². The van der Waals surface area contributed by atoms with Crippen molar-refractivity contribution in [2.24, 2.45) is 0 Å². The number of hydrogen-bond acceptors (Lipinski definition) is 5. The Morgan fingerprint density at radius 3 is 2.66 bits per heavy atom. The number of para-hydroxylation sites is 1. The fourth-order valence-corrected chi connectivity index (χ4v) is 6.38. The van der Waals surface area contributed by atoms with Gasteiger partial charge in [0.2, 0.25) is 0 Å². The maximum atomic E-state index is 13.6. The number of aryl methyl sites for hydroxylation is 2. The first-order chi connectivity index (χ1) is 18.5. The largest absolute Gasteiger partial charge is 0.467 e. The summed E-state index contributed by atoms with van der Waals surface area (Å²) in [5.41, 5.74) is 5.14. The van der Waals surface area contributed by atoms with Gasteiger partial charge in [0.05, 0.1) is 18.4 Å². The van der Waals surface area contributed by atoms with E-state index in [-0.39, 0.29) is 18.0 Å². The topological polar surface area (TPSA) is 100 Å². The summed E-state index contributed by atoms with van der Waals surface area (Å²) >= 11 is 1.66. The third-order valence-electron chi connectivity index (χ3n) is 6.75. The van der Waals surface area contributed by atoms with Crippen molar-refractivity contribution in [1.82, 2.24) is 9.88 Å². The second-order valence-electron chi connectivity index (χ2n) is 9.30. The molecule has 2 amide bonds. The molecule has 5 rings (SSSR count). The van der Waals surface area contributed by atoms with Crippen molar-refractivity contribution in [3.63, 3.8) is 0 Å². The number of anilines is 1. The highest BCUT2D eigenvalue weighted by molar-refractivity contribution is 7.15. The number of hydrogen-bond donors (Lipinski definition) is 2. The number of nitriles is 1. The molecule has 3 aromatic heterocycles. The van der Waals surface area contributed by atoms with Crippen molar-refractivity contribution in [1.29, 1.82) is 5.26 Å². The Balaban J connectivity index is 1.50. The third-order valence-corrected chi connectivity index (χ3v) is 8.03. The molecule has 0 saturated carbocycles. The molecule has 0 fully saturated rings. The zero-order chi connectivity index (χ0) is 26.6. The smallest absolute Gasteiger partial charge is 0.262 e. The van der Waals surface area contributed by atoms with Crippen LogP contribution in [0.25, 0.3) is 11.1 Å². The number of amides is 2. The van der Waals surface area contributed by atoms with E-state index in [1.807, 2.05) is 56.3 Å². The lowest BCUT2D eigenvalue weighted by molar-refractivity contribution is -0.117. The zero-order valence-corrected chi connectivity index (χ0v) is 22.2. The molecule has 0 unspecified atom stereocenters. The van der Waals surface area contributed by atoms with Crippen LogP contribution in [0.4, 0.5) is 5.69 Å². The van der Waals surface area contributed by atoms with Gasteiger partial charge in [-0.2, -0.15) is 5.26 Å². The molecule has 2 N–H and O–H groups in total. The first-order valence-corrected chi connectivity index (χ1v) is 13.4. The van der Waals surface area contributed by atoms with Gasteiger partial charge in [-0.3, -0.25) is 9.59 Å². The quantitative estimate of drug-likeness (QED) is 0.225. The molecule has 0 spiro atoms. The number of nitrogens with zero attached hydrogens (tertiary/aromatic N) is 2. The molecule has 3 heterocycles. The number of benzene rings is 1. The Hall–Kier alpha value is -4.35. The zero-order valence-electron chi connectivity index (χ0n) is 21.3. The van der Waals surface area contributed by atoms with Crippen LogP contribution in [0.1, 0.15) is 56.4 Å². The van der Waals surface area contributed by atoms with E-state index in [9.17, 15) is 14.9 Å². The Kier molecular flexibility index (Phi) is 7.29. The van der Waals surface area contributed by atoms with Crippen LogP contribution in [0.3, 0.4) is 0 Å². The van der Waals surface area contributed by atoms with Crippen LogP contribution >= 0.6 is 11.3 Å². The Morgan fingerprint density at radius 2 is 1.92 bits per heavy atom. The van der Waals surface area contributed by atoms with E-state index in [0.717, 1.165) is 58.9 Å². The summed E-state index contributed by atoms with van der Waals surface area (Å²) in [7, 11) is 0. The molecule has 192 valence electrons. The van der Waals surface area contributed by atoms with Crippen molar-refractivity contribution in [3.8, 4) is 11.1 Å². The van der Waals surface area contributed by atoms with Gasteiger partial charge >= 0.3 is 0 Å². The summed E-state index contributed by atoms with van der Waals surface area (Å²) in [6.45, 7) is 4.13. The third kappa shape index (κ3) is 5.06. The first-order valence-electron chi connectivity index (χ1n) is 12.6. The van der Waals surface area contributed by atoms with Crippen LogP contribution in [0, 0.1) is 25.2 Å². The Labute approximate surface area is 225 Å². The lowest BCUT2D eigenvalue weighted by Gasteiger charge is -2.14. The number of nitrogens with one attached hydrogen (secondary N) is 2. The van der Waals surface area contributed by atoms with Gasteiger partial charge in [-0.25, -0.2) is 0 Å². The minimum Gasteiger partial charge on any atom is -0.467 e. The SMILES string of the molecule is Cc1cc(C=C(C#N)C(=O)NCc2ccco2)c(C)n1-c1sc2c(c1C(=O)Nc1ccccc1)CCCC2. The molecule has 1 aromatic carbocycles. The standard InChI is InChI=1S/C30H28N4O3S/c1-19-15-21(16-22(17-31)28(35)32-18-24-11-8-14-37-24)20(2)34(19)30-27(25-12-6-7-13-26(25)38-30)29(36)33-23-9-4-3-5-10-23/h3-5,8-11,14-16H,6-7,12-13,18H2,1-2H3,(H,32,35)(H,33,36). The van der Waals surface area contributed by atoms with E-state index < -0.39 is 5.91 Å². The number of carbonyl (C=O) groups is 2. The number of aromatic nitrogens is 1. The number of furan rings is 1. The Bertz CT molecular complexity index is 1550. The van der Waals surface area contributed by atoms with Crippen LogP contribution in [0.5, 0.6) is 0 Å². The van der Waals surface area contributed by atoms with Gasteiger partial charge in [0.25, 0.3) is 11.8 Å². The molecule has 7 nitrogen and oxygen atoms in total. The van der Waals surface area contributed by atoms with Gasteiger partial charge < -0.3 is 19.6 Å². The van der Waals surface area contributed by atoms with E-state index in [1.54, 1.807) is 29.5 Å². The maximum absolute atomic E-state index is 13.6. The van der Waals surface area contributed by atoms with E-state index in [1.165, 1.54) is 11.1 Å². The van der Waals surface area contributed by atoms with Crippen molar-refractivity contribution in [2.45, 2.75) is 46.1 Å². The molecule has 0 saturated heterocycles. The van der Waals surface area contributed by atoms with Crippen molar-refractivity contribution >= 4 is 34.9 Å². The van der Waals surface area contributed by atoms with Crippen molar-refractivity contribution < 1.29 is 14.0 Å². The molecule has 8 heteroatoms. The van der Waals surface area contributed by atoms with Crippen LogP contribution < -0.4 is 10.6 Å². The molecule has 1 aliphatic carbocycles. The lowest BCUT2D eigenvalue weighted by atomic mass is 9.95. The second-order valence-corrected chi connectivity index (χ2v) is 10.4. The minimum atomic E-state index is -0.469. The van der Waals surface area contributed by atoms with E-state index in [0.29, 0.717) is 11.3 Å². The summed E-state index contributed by atoms with van der Waals surface area (Å²) in [6.07, 6.45) is 7.16. The van der Waals surface area contributed by atoms with E-state index in [2.05, 4.69) is 15.2 Å². The number of fused-ring (bicyclic) bond motifs is 1. The lowest BCUT2D eigenvalue weighted by Crippen LogP contribution is -2.23. The Morgan fingerprint density at radius 1 is 1.13 bits per heavy atom. The van der Waals surface area contributed by atoms with Crippen LogP contribution in [0.15, 0.2) is 64.8 Å². The predicted molar refractivity (Wildman–Crippen MR) is 148 cm³/mol. The van der Waals surface area contributed by atoms with E-state index >= 15 is 0 Å². The maximum Gasteiger partial charge on any atom is 0.262 e. The average Bonchev–Trinajstić information content (AvgIpc) is 3.64. The highest BCUT2D eigenvalue weighted by Gasteiger charge is 2.28. The molecule has 4 aromatic rings. The van der Waals surface area contributed by atoms with Crippen LogP contribution in [0.2, 0.25) is 0 Å². The summed E-state index contributed by atoms with van der Waals surface area (Å²) in [5, 5.41) is 16.4. The highest BCUT2D eigenvalue weighted by atomic mass is 32.1. The molecule has 0 radical (unpaired) electrons. The monoisotopic (exact) mass is 524 g/mol. The molecular formula is C30H28N4O3S. The summed E-state index contributed by atoms with van der Waals surface area (Å²) < 4.78 is 7.33. The van der Waals surface area contributed by atoms with Gasteiger partial charge in [0, 0.05) is 22.0 Å². The van der Waals surface area contributed by atoms with Gasteiger partial charge in [0.1, 0.15) is 22.4 Å². The van der Waals surface area contributed by atoms with Crippen LogP contribution in [-0.4, -0.2) is 16.4 Å². The number of carbonyl (C=O) groups excluding carboxylic acids is 2. The number of thiophene rings is 1. The van der Waals surface area contributed by atoms with Gasteiger partial charge in [0.15, 0.2) is 0 Å². The van der Waals surface area contributed by atoms with Crippen LogP contribution in [-0.2, 0) is 24.2 Å². The van der Waals surface area contributed by atoms with Gasteiger partial charge in [-0.05, 0) is 87.1 Å². The molecule has 0 atom stereocenters. The normalized spacial score (nSPS) is 13.0. The first kappa shape index (κ1) is 25.3. The fourth-order valence-electron chi connectivity index (χ4n) is 4.88. The van der Waals surface area contributed by atoms with Crippen molar-refractivity contribution in [2.75, 3.05) is 5.32 Å². The van der Waals surface area contributed by atoms with Gasteiger partial charge in [-0.15, -0.1) is 11.3 Å². The molecule has 0 aliphatic heterocycles. The summed E-state index contributed by atoms with van der Waals surface area (Å²) in [5.74, 6) is 0.0187. The fraction of sp³-hybridized carbons (Fsp3) is 0.233.